The van der Waals surface area contributed by atoms with Gasteiger partial charge in [-0.25, -0.2) is 13.6 Å². The van der Waals surface area contributed by atoms with Gasteiger partial charge in [0.05, 0.1) is 4.90 Å². The third-order valence-corrected chi connectivity index (χ3v) is 3.62. The monoisotopic (exact) mass is 226 g/mol. The first kappa shape index (κ1) is 10.6. The Hall–Kier alpha value is -0.910. The molecule has 1 aliphatic heterocycles. The first-order valence-corrected chi connectivity index (χ1v) is 6.34. The van der Waals surface area contributed by atoms with Crippen molar-refractivity contribution >= 4 is 10.0 Å². The standard InChI is InChI=1S/C10H14N2O2S/c1-12-5-4-8-2-3-10(15(11,13)14)6-9(8)7-12/h2-3,6H,4-5,7H2,1H3,(H2,11,13,14). The molecule has 0 atom stereocenters. The number of rotatable bonds is 1. The summed E-state index contributed by atoms with van der Waals surface area (Å²) >= 11 is 0. The molecule has 0 spiro atoms. The molecular formula is C10H14N2O2S. The second kappa shape index (κ2) is 3.59. The number of likely N-dealkylation sites (N-methyl/N-ethyl adjacent to an activating group) is 1. The number of sulfonamides is 1. The minimum Gasteiger partial charge on any atom is -0.302 e. The zero-order valence-corrected chi connectivity index (χ0v) is 9.42. The van der Waals surface area contributed by atoms with E-state index < -0.39 is 10.0 Å². The van der Waals surface area contributed by atoms with Crippen molar-refractivity contribution in [1.29, 1.82) is 0 Å². The van der Waals surface area contributed by atoms with E-state index in [4.69, 9.17) is 5.14 Å². The van der Waals surface area contributed by atoms with Gasteiger partial charge < -0.3 is 4.90 Å². The number of hydrogen-bond acceptors (Lipinski definition) is 3. The van der Waals surface area contributed by atoms with Crippen molar-refractivity contribution < 1.29 is 8.42 Å². The van der Waals surface area contributed by atoms with Gasteiger partial charge in [-0.05, 0) is 36.7 Å². The molecule has 4 nitrogen and oxygen atoms in total. The average Bonchev–Trinajstić information content (AvgIpc) is 2.15. The lowest BCUT2D eigenvalue weighted by atomic mass is 10.0. The maximum absolute atomic E-state index is 11.2. The van der Waals surface area contributed by atoms with E-state index in [1.807, 2.05) is 13.1 Å². The highest BCUT2D eigenvalue weighted by atomic mass is 32.2. The molecule has 2 N–H and O–H groups in total. The maximum Gasteiger partial charge on any atom is 0.238 e. The van der Waals surface area contributed by atoms with Gasteiger partial charge in [0.25, 0.3) is 0 Å². The van der Waals surface area contributed by atoms with Crippen molar-refractivity contribution in [2.75, 3.05) is 13.6 Å². The average molecular weight is 226 g/mol. The summed E-state index contributed by atoms with van der Waals surface area (Å²) in [6.45, 7) is 1.81. The summed E-state index contributed by atoms with van der Waals surface area (Å²) in [4.78, 5) is 2.37. The lowest BCUT2D eigenvalue weighted by Crippen LogP contribution is -2.27. The van der Waals surface area contributed by atoms with Crippen LogP contribution in [0.2, 0.25) is 0 Å². The van der Waals surface area contributed by atoms with Crippen molar-refractivity contribution in [3.05, 3.63) is 29.3 Å². The van der Waals surface area contributed by atoms with E-state index in [2.05, 4.69) is 4.90 Å². The number of benzene rings is 1. The lowest BCUT2D eigenvalue weighted by Gasteiger charge is -2.25. The van der Waals surface area contributed by atoms with Crippen LogP contribution in [0.15, 0.2) is 23.1 Å². The zero-order chi connectivity index (χ0) is 11.1. The van der Waals surface area contributed by atoms with Gasteiger partial charge in [0.15, 0.2) is 0 Å². The molecule has 1 aromatic rings. The van der Waals surface area contributed by atoms with Crippen LogP contribution in [0.4, 0.5) is 0 Å². The van der Waals surface area contributed by atoms with E-state index in [9.17, 15) is 8.42 Å². The molecule has 0 radical (unpaired) electrons. The maximum atomic E-state index is 11.2. The Bertz CT molecular complexity index is 482. The Balaban J connectivity index is 2.46. The van der Waals surface area contributed by atoms with Crippen molar-refractivity contribution in [3.63, 3.8) is 0 Å². The Morgan fingerprint density at radius 1 is 1.33 bits per heavy atom. The van der Waals surface area contributed by atoms with Crippen LogP contribution in [0.3, 0.4) is 0 Å². The molecular weight excluding hydrogens is 212 g/mol. The van der Waals surface area contributed by atoms with Crippen molar-refractivity contribution in [2.45, 2.75) is 17.9 Å². The number of nitrogens with two attached hydrogens (primary N) is 1. The largest absolute Gasteiger partial charge is 0.302 e. The molecule has 0 saturated heterocycles. The van der Waals surface area contributed by atoms with E-state index in [1.165, 1.54) is 5.56 Å². The second-order valence-electron chi connectivity index (χ2n) is 3.96. The summed E-state index contributed by atoms with van der Waals surface area (Å²) in [6, 6.07) is 5.13. The number of nitrogens with zero attached hydrogens (tertiary/aromatic N) is 1. The molecule has 0 unspecified atom stereocenters. The fraction of sp³-hybridized carbons (Fsp3) is 0.400. The molecule has 15 heavy (non-hydrogen) atoms. The lowest BCUT2D eigenvalue weighted by molar-refractivity contribution is 0.312. The topological polar surface area (TPSA) is 63.4 Å². The highest BCUT2D eigenvalue weighted by Crippen LogP contribution is 2.20. The molecule has 1 heterocycles. The number of hydrogen-bond donors (Lipinski definition) is 1. The first-order valence-electron chi connectivity index (χ1n) is 4.80. The molecule has 0 amide bonds. The molecule has 1 aromatic carbocycles. The van der Waals surface area contributed by atoms with E-state index in [1.54, 1.807) is 12.1 Å². The van der Waals surface area contributed by atoms with Gasteiger partial charge in [-0.3, -0.25) is 0 Å². The van der Waals surface area contributed by atoms with Gasteiger partial charge >= 0.3 is 0 Å². The van der Waals surface area contributed by atoms with Crippen molar-refractivity contribution in [1.82, 2.24) is 4.90 Å². The molecule has 2 rings (SSSR count). The Morgan fingerprint density at radius 2 is 2.07 bits per heavy atom. The van der Waals surface area contributed by atoms with Crippen LogP contribution in [-0.2, 0) is 23.0 Å². The van der Waals surface area contributed by atoms with Crippen LogP contribution in [0.1, 0.15) is 11.1 Å². The second-order valence-corrected chi connectivity index (χ2v) is 5.52. The van der Waals surface area contributed by atoms with Crippen LogP contribution in [0, 0.1) is 0 Å². The quantitative estimate of drug-likeness (QED) is 0.750. The third-order valence-electron chi connectivity index (χ3n) is 2.71. The molecule has 82 valence electrons. The summed E-state index contributed by atoms with van der Waals surface area (Å²) in [5.41, 5.74) is 2.29. The van der Waals surface area contributed by atoms with Crippen LogP contribution >= 0.6 is 0 Å². The van der Waals surface area contributed by atoms with Gasteiger partial charge in [-0.2, -0.15) is 0 Å². The fourth-order valence-corrected chi connectivity index (χ4v) is 2.42. The van der Waals surface area contributed by atoms with E-state index in [0.29, 0.717) is 0 Å². The molecule has 0 aliphatic carbocycles. The van der Waals surface area contributed by atoms with Gasteiger partial charge in [0.2, 0.25) is 10.0 Å². The van der Waals surface area contributed by atoms with Gasteiger partial charge in [-0.15, -0.1) is 0 Å². The summed E-state index contributed by atoms with van der Waals surface area (Å²) < 4.78 is 22.3. The van der Waals surface area contributed by atoms with Crippen molar-refractivity contribution in [2.24, 2.45) is 5.14 Å². The number of fused-ring (bicyclic) bond motifs is 1. The zero-order valence-electron chi connectivity index (χ0n) is 8.60. The first-order chi connectivity index (χ1) is 6.97. The summed E-state index contributed by atoms with van der Waals surface area (Å²) in [7, 11) is -1.55. The van der Waals surface area contributed by atoms with E-state index in [0.717, 1.165) is 25.1 Å². The predicted molar refractivity (Wildman–Crippen MR) is 57.9 cm³/mol. The normalized spacial score (nSPS) is 17.5. The minimum atomic E-state index is -3.57. The molecule has 0 bridgehead atoms. The SMILES string of the molecule is CN1CCc2ccc(S(N)(=O)=O)cc2C1. The van der Waals surface area contributed by atoms with Crippen LogP contribution in [0.25, 0.3) is 0 Å². The van der Waals surface area contributed by atoms with Gasteiger partial charge in [0, 0.05) is 13.1 Å². The van der Waals surface area contributed by atoms with Crippen molar-refractivity contribution in [3.8, 4) is 0 Å². The predicted octanol–water partition coefficient (Wildman–Crippen LogP) is 0.322. The van der Waals surface area contributed by atoms with E-state index >= 15 is 0 Å². The highest BCUT2D eigenvalue weighted by molar-refractivity contribution is 7.89. The molecule has 0 saturated carbocycles. The minimum absolute atomic E-state index is 0.205. The van der Waals surface area contributed by atoms with Crippen LogP contribution in [-0.4, -0.2) is 26.9 Å². The fourth-order valence-electron chi connectivity index (χ4n) is 1.85. The molecule has 1 aliphatic rings. The van der Waals surface area contributed by atoms with Gasteiger partial charge in [0.1, 0.15) is 0 Å². The molecule has 0 fully saturated rings. The Kier molecular flexibility index (Phi) is 2.54. The smallest absolute Gasteiger partial charge is 0.238 e. The summed E-state index contributed by atoms with van der Waals surface area (Å²) in [5, 5.41) is 5.08. The molecule has 0 aromatic heterocycles. The highest BCUT2D eigenvalue weighted by Gasteiger charge is 2.16. The van der Waals surface area contributed by atoms with Crippen LogP contribution in [0.5, 0.6) is 0 Å². The third kappa shape index (κ3) is 2.19. The summed E-state index contributed by atoms with van der Waals surface area (Å²) in [6.07, 6.45) is 0.969. The Morgan fingerprint density at radius 3 is 2.73 bits per heavy atom. The number of primary sulfonamides is 1. The van der Waals surface area contributed by atoms with E-state index in [-0.39, 0.29) is 4.90 Å². The molecule has 5 heteroatoms. The van der Waals surface area contributed by atoms with Gasteiger partial charge in [-0.1, -0.05) is 6.07 Å². The Labute approximate surface area is 89.7 Å². The summed E-state index contributed by atoms with van der Waals surface area (Å²) in [5.74, 6) is 0. The van der Waals surface area contributed by atoms with Crippen LogP contribution < -0.4 is 5.14 Å².